The lowest BCUT2D eigenvalue weighted by Gasteiger charge is -2.26. The van der Waals surface area contributed by atoms with Gasteiger partial charge >= 0.3 is 0 Å². The van der Waals surface area contributed by atoms with Gasteiger partial charge in [0.15, 0.2) is 5.16 Å². The number of piperidine rings is 1. The van der Waals surface area contributed by atoms with Crippen molar-refractivity contribution >= 4 is 23.4 Å². The summed E-state index contributed by atoms with van der Waals surface area (Å²) in [7, 11) is 1.69. The standard InChI is InChI=1S/C23H27ClN4OS/c1-29-21-11-10-20(24)14-19(21)17-30-23-26-25-22(16-27-12-6-3-7-13-27)28(23)15-18-8-4-2-5-9-18/h2,4-5,8-11,14H,3,6-7,12-13,15-17H2,1H3. The van der Waals surface area contributed by atoms with Crippen molar-refractivity contribution in [2.75, 3.05) is 20.2 Å². The number of aromatic nitrogens is 3. The van der Waals surface area contributed by atoms with Crippen LogP contribution in [0.25, 0.3) is 0 Å². The number of ether oxygens (including phenoxy) is 1. The van der Waals surface area contributed by atoms with E-state index in [1.165, 1.54) is 24.8 Å². The predicted octanol–water partition coefficient (Wildman–Crippen LogP) is 5.27. The molecule has 2 aromatic carbocycles. The molecule has 4 rings (SSSR count). The molecule has 30 heavy (non-hydrogen) atoms. The molecule has 0 N–H and O–H groups in total. The van der Waals surface area contributed by atoms with Gasteiger partial charge in [0.05, 0.1) is 20.2 Å². The third-order valence-corrected chi connectivity index (χ3v) is 6.64. The van der Waals surface area contributed by atoms with Crippen molar-refractivity contribution in [2.24, 2.45) is 0 Å². The lowest BCUT2D eigenvalue weighted by Crippen LogP contribution is -2.30. The smallest absolute Gasteiger partial charge is 0.191 e. The van der Waals surface area contributed by atoms with E-state index >= 15 is 0 Å². The number of thioether (sulfide) groups is 1. The molecular weight excluding hydrogens is 416 g/mol. The maximum absolute atomic E-state index is 6.20. The highest BCUT2D eigenvalue weighted by molar-refractivity contribution is 7.98. The van der Waals surface area contributed by atoms with E-state index in [-0.39, 0.29) is 0 Å². The average molecular weight is 443 g/mol. The van der Waals surface area contributed by atoms with E-state index < -0.39 is 0 Å². The fourth-order valence-electron chi connectivity index (χ4n) is 3.79. The number of hydrogen-bond acceptors (Lipinski definition) is 5. The molecule has 0 radical (unpaired) electrons. The van der Waals surface area contributed by atoms with Gasteiger partial charge in [-0.15, -0.1) is 10.2 Å². The zero-order valence-electron chi connectivity index (χ0n) is 17.3. The lowest BCUT2D eigenvalue weighted by atomic mass is 10.1. The van der Waals surface area contributed by atoms with Crippen LogP contribution in [0.15, 0.2) is 53.7 Å². The maximum Gasteiger partial charge on any atom is 0.191 e. The fourth-order valence-corrected chi connectivity index (χ4v) is 4.92. The zero-order valence-corrected chi connectivity index (χ0v) is 18.8. The van der Waals surface area contributed by atoms with Gasteiger partial charge in [-0.1, -0.05) is 60.1 Å². The monoisotopic (exact) mass is 442 g/mol. The van der Waals surface area contributed by atoms with Crippen molar-refractivity contribution in [1.82, 2.24) is 19.7 Å². The van der Waals surface area contributed by atoms with E-state index in [1.54, 1.807) is 18.9 Å². The highest BCUT2D eigenvalue weighted by Gasteiger charge is 2.18. The summed E-state index contributed by atoms with van der Waals surface area (Å²) < 4.78 is 7.75. The average Bonchev–Trinajstić information content (AvgIpc) is 3.15. The van der Waals surface area contributed by atoms with Gasteiger partial charge in [0.25, 0.3) is 0 Å². The summed E-state index contributed by atoms with van der Waals surface area (Å²) in [6.07, 6.45) is 3.86. The Morgan fingerprint density at radius 3 is 2.57 bits per heavy atom. The highest BCUT2D eigenvalue weighted by Crippen LogP contribution is 2.30. The molecule has 158 valence electrons. The summed E-state index contributed by atoms with van der Waals surface area (Å²) in [5, 5.41) is 10.8. The second-order valence-corrected chi connectivity index (χ2v) is 8.93. The number of rotatable bonds is 8. The summed E-state index contributed by atoms with van der Waals surface area (Å²) in [5.41, 5.74) is 2.31. The SMILES string of the molecule is COc1ccc(Cl)cc1CSc1nnc(CN2CCCCC2)n1Cc1ccccc1. The van der Waals surface area contributed by atoms with E-state index in [2.05, 4.69) is 43.9 Å². The third kappa shape index (κ3) is 5.36. The first-order valence-electron chi connectivity index (χ1n) is 10.4. The minimum absolute atomic E-state index is 0.711. The lowest BCUT2D eigenvalue weighted by molar-refractivity contribution is 0.213. The molecule has 0 atom stereocenters. The molecule has 1 aromatic heterocycles. The van der Waals surface area contributed by atoms with Crippen molar-refractivity contribution in [1.29, 1.82) is 0 Å². The summed E-state index contributed by atoms with van der Waals surface area (Å²) in [5.74, 6) is 2.59. The molecule has 3 aromatic rings. The van der Waals surface area contributed by atoms with Crippen LogP contribution in [0.3, 0.4) is 0 Å². The molecule has 0 spiro atoms. The van der Waals surface area contributed by atoms with Gasteiger partial charge in [-0.2, -0.15) is 0 Å². The number of benzene rings is 2. The molecule has 0 amide bonds. The van der Waals surface area contributed by atoms with E-state index in [9.17, 15) is 0 Å². The van der Waals surface area contributed by atoms with Crippen LogP contribution in [-0.2, 0) is 18.8 Å². The van der Waals surface area contributed by atoms with Crippen LogP contribution in [-0.4, -0.2) is 39.9 Å². The number of hydrogen-bond donors (Lipinski definition) is 0. The summed E-state index contributed by atoms with van der Waals surface area (Å²) in [6.45, 7) is 3.90. The molecule has 0 unspecified atom stereocenters. The summed E-state index contributed by atoms with van der Waals surface area (Å²) in [4.78, 5) is 2.49. The van der Waals surface area contributed by atoms with Crippen molar-refractivity contribution in [3.63, 3.8) is 0 Å². The van der Waals surface area contributed by atoms with Crippen molar-refractivity contribution in [3.8, 4) is 5.75 Å². The van der Waals surface area contributed by atoms with E-state index in [0.717, 1.165) is 54.2 Å². The molecular formula is C23H27ClN4OS. The van der Waals surface area contributed by atoms with Gasteiger partial charge in [-0.05, 0) is 49.7 Å². The summed E-state index contributed by atoms with van der Waals surface area (Å²) >= 11 is 7.88. The molecule has 0 bridgehead atoms. The molecule has 7 heteroatoms. The van der Waals surface area contributed by atoms with Gasteiger partial charge in [0.2, 0.25) is 0 Å². The first-order chi connectivity index (χ1) is 14.7. The quantitative estimate of drug-likeness (QED) is 0.445. The normalized spacial score (nSPS) is 14.7. The fraction of sp³-hybridized carbons (Fsp3) is 0.391. The van der Waals surface area contributed by atoms with Crippen LogP contribution < -0.4 is 4.74 Å². The molecule has 1 aliphatic heterocycles. The number of nitrogens with zero attached hydrogens (tertiary/aromatic N) is 4. The molecule has 1 aliphatic rings. The van der Waals surface area contributed by atoms with Gasteiger partial charge in [0, 0.05) is 16.3 Å². The van der Waals surface area contributed by atoms with Crippen LogP contribution in [0.2, 0.25) is 5.02 Å². The Balaban J connectivity index is 1.56. The first kappa shape index (κ1) is 21.2. The van der Waals surface area contributed by atoms with Crippen LogP contribution in [0.5, 0.6) is 5.75 Å². The second-order valence-electron chi connectivity index (χ2n) is 7.55. The Labute approximate surface area is 187 Å². The first-order valence-corrected chi connectivity index (χ1v) is 11.7. The van der Waals surface area contributed by atoms with Crippen LogP contribution >= 0.6 is 23.4 Å². The topological polar surface area (TPSA) is 43.2 Å². The molecule has 1 saturated heterocycles. The van der Waals surface area contributed by atoms with E-state index in [4.69, 9.17) is 16.3 Å². The Morgan fingerprint density at radius 1 is 1.00 bits per heavy atom. The van der Waals surface area contributed by atoms with Crippen LogP contribution in [0.1, 0.15) is 36.2 Å². The van der Waals surface area contributed by atoms with Crippen LogP contribution in [0, 0.1) is 0 Å². The highest BCUT2D eigenvalue weighted by atomic mass is 35.5. The number of methoxy groups -OCH3 is 1. The van der Waals surface area contributed by atoms with Crippen LogP contribution in [0.4, 0.5) is 0 Å². The Morgan fingerprint density at radius 2 is 1.80 bits per heavy atom. The number of halogens is 1. The second kappa shape index (κ2) is 10.3. The van der Waals surface area contributed by atoms with Gasteiger partial charge in [-0.3, -0.25) is 4.90 Å². The third-order valence-electron chi connectivity index (χ3n) is 5.39. The van der Waals surface area contributed by atoms with E-state index in [0.29, 0.717) is 5.02 Å². The van der Waals surface area contributed by atoms with Gasteiger partial charge in [0.1, 0.15) is 11.6 Å². The zero-order chi connectivity index (χ0) is 20.8. The van der Waals surface area contributed by atoms with Crippen molar-refractivity contribution in [2.45, 2.75) is 43.3 Å². The summed E-state index contributed by atoms with van der Waals surface area (Å²) in [6, 6.07) is 16.2. The maximum atomic E-state index is 6.20. The predicted molar refractivity (Wildman–Crippen MR) is 122 cm³/mol. The molecule has 2 heterocycles. The number of likely N-dealkylation sites (tertiary alicyclic amines) is 1. The molecule has 5 nitrogen and oxygen atoms in total. The largest absolute Gasteiger partial charge is 0.496 e. The Kier molecular flexibility index (Phi) is 7.31. The minimum atomic E-state index is 0.711. The van der Waals surface area contributed by atoms with E-state index in [1.807, 2.05) is 24.3 Å². The Bertz CT molecular complexity index is 957. The molecule has 1 fully saturated rings. The molecule has 0 saturated carbocycles. The van der Waals surface area contributed by atoms with Gasteiger partial charge < -0.3 is 9.30 Å². The minimum Gasteiger partial charge on any atom is -0.496 e. The van der Waals surface area contributed by atoms with Crippen molar-refractivity contribution < 1.29 is 4.74 Å². The van der Waals surface area contributed by atoms with Gasteiger partial charge in [-0.25, -0.2) is 0 Å². The van der Waals surface area contributed by atoms with Crippen molar-refractivity contribution in [3.05, 3.63) is 70.5 Å². The Hall–Kier alpha value is -2.02. The molecule has 0 aliphatic carbocycles.